The largest absolute Gasteiger partial charge is 0.506 e. The minimum atomic E-state index is -4.76. The van der Waals surface area contributed by atoms with Gasteiger partial charge >= 0.3 is 12.1 Å². The van der Waals surface area contributed by atoms with Gasteiger partial charge in [-0.2, -0.15) is 13.2 Å². The third-order valence-corrected chi connectivity index (χ3v) is 3.65. The highest BCUT2D eigenvalue weighted by Gasteiger charge is 2.44. The van der Waals surface area contributed by atoms with Crippen LogP contribution in [0.4, 0.5) is 13.2 Å². The lowest BCUT2D eigenvalue weighted by atomic mass is 9.81. The Morgan fingerprint density at radius 1 is 1.32 bits per heavy atom. The van der Waals surface area contributed by atoms with Gasteiger partial charge in [0.15, 0.2) is 0 Å². The first kappa shape index (κ1) is 16.1. The van der Waals surface area contributed by atoms with E-state index in [1.165, 1.54) is 26.0 Å². The standard InChI is InChI=1S/C12H12F3IO3/c1-11(2,10(18)19-3)6-4-5-7(16)9(17)8(6)12(13,14)15/h4-5,17H,1-3H3. The van der Waals surface area contributed by atoms with Crippen LogP contribution in [0.15, 0.2) is 12.1 Å². The van der Waals surface area contributed by atoms with Gasteiger partial charge in [-0.05, 0) is 48.1 Å². The number of hydrogen-bond acceptors (Lipinski definition) is 3. The minimum absolute atomic E-state index is 0.0642. The number of esters is 1. The molecule has 0 radical (unpaired) electrons. The summed E-state index contributed by atoms with van der Waals surface area (Å²) in [6, 6.07) is 2.51. The predicted molar refractivity (Wildman–Crippen MR) is 70.9 cm³/mol. The van der Waals surface area contributed by atoms with Gasteiger partial charge in [-0.25, -0.2) is 0 Å². The molecule has 1 rings (SSSR count). The first-order valence-corrected chi connectivity index (χ1v) is 6.29. The first-order valence-electron chi connectivity index (χ1n) is 5.21. The molecule has 1 aromatic rings. The van der Waals surface area contributed by atoms with Crippen molar-refractivity contribution in [3.8, 4) is 5.75 Å². The van der Waals surface area contributed by atoms with Gasteiger partial charge in [0.05, 0.1) is 16.1 Å². The number of phenols is 1. The minimum Gasteiger partial charge on any atom is -0.506 e. The third kappa shape index (κ3) is 2.96. The Morgan fingerprint density at radius 3 is 2.26 bits per heavy atom. The number of halogens is 4. The topological polar surface area (TPSA) is 46.5 Å². The number of hydrogen-bond donors (Lipinski definition) is 1. The van der Waals surface area contributed by atoms with E-state index in [2.05, 4.69) is 4.74 Å². The summed E-state index contributed by atoms with van der Waals surface area (Å²) in [5.41, 5.74) is -3.03. The van der Waals surface area contributed by atoms with Crippen LogP contribution in [0.5, 0.6) is 5.75 Å². The summed E-state index contributed by atoms with van der Waals surface area (Å²) in [5, 5.41) is 9.65. The van der Waals surface area contributed by atoms with Gasteiger partial charge in [0.2, 0.25) is 0 Å². The van der Waals surface area contributed by atoms with Crippen LogP contribution >= 0.6 is 22.6 Å². The maximum absolute atomic E-state index is 13.1. The maximum atomic E-state index is 13.1. The van der Waals surface area contributed by atoms with Crippen molar-refractivity contribution in [3.63, 3.8) is 0 Å². The van der Waals surface area contributed by atoms with Crippen LogP contribution in [-0.2, 0) is 21.1 Å². The second-order valence-corrected chi connectivity index (χ2v) is 5.60. The molecule has 0 aromatic heterocycles. The lowest BCUT2D eigenvalue weighted by molar-refractivity contribution is -0.148. The molecule has 0 aliphatic rings. The highest BCUT2D eigenvalue weighted by atomic mass is 127. The maximum Gasteiger partial charge on any atom is 0.420 e. The number of phenolic OH excluding ortho intramolecular Hbond substituents is 1. The fourth-order valence-electron chi connectivity index (χ4n) is 1.74. The van der Waals surface area contributed by atoms with Crippen LogP contribution in [0.2, 0.25) is 0 Å². The number of ether oxygens (including phenoxy) is 1. The van der Waals surface area contributed by atoms with E-state index in [4.69, 9.17) is 0 Å². The summed E-state index contributed by atoms with van der Waals surface area (Å²) in [7, 11) is 1.10. The van der Waals surface area contributed by atoms with Crippen molar-refractivity contribution in [2.75, 3.05) is 7.11 Å². The van der Waals surface area contributed by atoms with Crippen LogP contribution in [0.25, 0.3) is 0 Å². The molecule has 0 saturated heterocycles. The lowest BCUT2D eigenvalue weighted by Gasteiger charge is -2.26. The van der Waals surface area contributed by atoms with Crippen LogP contribution in [0.3, 0.4) is 0 Å². The van der Waals surface area contributed by atoms with Gasteiger partial charge in [0.25, 0.3) is 0 Å². The molecule has 0 aliphatic carbocycles. The molecule has 19 heavy (non-hydrogen) atoms. The molecular weight excluding hydrogens is 376 g/mol. The molecule has 0 amide bonds. The molecule has 0 fully saturated rings. The fraction of sp³-hybridized carbons (Fsp3) is 0.417. The lowest BCUT2D eigenvalue weighted by Crippen LogP contribution is -2.33. The van der Waals surface area contributed by atoms with Crippen molar-refractivity contribution in [2.24, 2.45) is 0 Å². The van der Waals surface area contributed by atoms with E-state index in [0.29, 0.717) is 0 Å². The van der Waals surface area contributed by atoms with Crippen LogP contribution in [0.1, 0.15) is 25.0 Å². The van der Waals surface area contributed by atoms with Gasteiger partial charge in [0.1, 0.15) is 11.3 Å². The number of benzene rings is 1. The van der Waals surface area contributed by atoms with Crippen molar-refractivity contribution >= 4 is 28.6 Å². The number of carbonyl (C=O) groups excluding carboxylic acids is 1. The Bertz CT molecular complexity index is 510. The van der Waals surface area contributed by atoms with Gasteiger partial charge in [-0.3, -0.25) is 4.79 Å². The molecule has 0 unspecified atom stereocenters. The molecular formula is C12H12F3IO3. The number of methoxy groups -OCH3 is 1. The SMILES string of the molecule is COC(=O)C(C)(C)c1ccc(I)c(O)c1C(F)(F)F. The highest BCUT2D eigenvalue weighted by molar-refractivity contribution is 14.1. The molecule has 7 heteroatoms. The molecule has 1 N–H and O–H groups in total. The van der Waals surface area contributed by atoms with E-state index in [1.54, 1.807) is 22.6 Å². The Kier molecular flexibility index (Phi) is 4.38. The van der Waals surface area contributed by atoms with Gasteiger partial charge in [0, 0.05) is 0 Å². The van der Waals surface area contributed by atoms with Crippen molar-refractivity contribution in [1.29, 1.82) is 0 Å². The average Bonchev–Trinajstić information content (AvgIpc) is 2.29. The van der Waals surface area contributed by atoms with Crippen LogP contribution in [-0.4, -0.2) is 18.2 Å². The fourth-order valence-corrected chi connectivity index (χ4v) is 2.19. The van der Waals surface area contributed by atoms with Crippen molar-refractivity contribution in [1.82, 2.24) is 0 Å². The Hall–Kier alpha value is -0.990. The third-order valence-electron chi connectivity index (χ3n) is 2.78. The van der Waals surface area contributed by atoms with Crippen molar-refractivity contribution < 1.29 is 27.8 Å². The summed E-state index contributed by atoms with van der Waals surface area (Å²) in [6.07, 6.45) is -4.76. The Balaban J connectivity index is 3.62. The Morgan fingerprint density at radius 2 is 1.84 bits per heavy atom. The zero-order valence-corrected chi connectivity index (χ0v) is 12.6. The summed E-state index contributed by atoms with van der Waals surface area (Å²) in [5.74, 6) is -1.68. The average molecular weight is 388 g/mol. The van der Waals surface area contributed by atoms with Crippen molar-refractivity contribution in [3.05, 3.63) is 26.8 Å². The number of aromatic hydroxyl groups is 1. The van der Waals surface area contributed by atoms with Crippen LogP contribution in [0, 0.1) is 3.57 Å². The zero-order valence-electron chi connectivity index (χ0n) is 10.4. The molecule has 0 bridgehead atoms. The Labute approximate surface area is 121 Å². The predicted octanol–water partition coefficient (Wildman–Crippen LogP) is 3.47. The smallest absolute Gasteiger partial charge is 0.420 e. The monoisotopic (exact) mass is 388 g/mol. The summed E-state index contributed by atoms with van der Waals surface area (Å²) >= 11 is 1.60. The zero-order chi connectivity index (χ0) is 15.0. The van der Waals surface area contributed by atoms with E-state index in [0.717, 1.165) is 7.11 Å². The second kappa shape index (κ2) is 5.18. The molecule has 0 spiro atoms. The number of alkyl halides is 3. The van der Waals surface area contributed by atoms with Gasteiger partial charge in [-0.15, -0.1) is 0 Å². The number of carbonyl (C=O) groups is 1. The van der Waals surface area contributed by atoms with Gasteiger partial charge in [-0.1, -0.05) is 6.07 Å². The van der Waals surface area contributed by atoms with E-state index >= 15 is 0 Å². The van der Waals surface area contributed by atoms with Crippen LogP contribution < -0.4 is 0 Å². The quantitative estimate of drug-likeness (QED) is 0.624. The second-order valence-electron chi connectivity index (χ2n) is 4.43. The summed E-state index contributed by atoms with van der Waals surface area (Å²) in [4.78, 5) is 11.6. The van der Waals surface area contributed by atoms with Crippen molar-refractivity contribution in [2.45, 2.75) is 25.4 Å². The van der Waals surface area contributed by atoms with Gasteiger partial charge < -0.3 is 9.84 Å². The molecule has 1 aromatic carbocycles. The van der Waals surface area contributed by atoms with E-state index in [9.17, 15) is 23.1 Å². The normalized spacial score (nSPS) is 12.4. The number of rotatable bonds is 2. The molecule has 0 saturated carbocycles. The summed E-state index contributed by atoms with van der Waals surface area (Å²) < 4.78 is 43.8. The molecule has 3 nitrogen and oxygen atoms in total. The molecule has 0 heterocycles. The summed E-state index contributed by atoms with van der Waals surface area (Å²) in [6.45, 7) is 2.63. The van der Waals surface area contributed by atoms with E-state index in [-0.39, 0.29) is 9.13 Å². The first-order chi connectivity index (χ1) is 8.53. The molecule has 106 valence electrons. The molecule has 0 aliphatic heterocycles. The highest BCUT2D eigenvalue weighted by Crippen LogP contribution is 2.44. The molecule has 0 atom stereocenters. The van der Waals surface area contributed by atoms with E-state index < -0.39 is 28.9 Å². The van der Waals surface area contributed by atoms with E-state index in [1.807, 2.05) is 0 Å².